The van der Waals surface area contributed by atoms with Gasteiger partial charge in [-0.1, -0.05) is 37.6 Å². The van der Waals surface area contributed by atoms with E-state index < -0.39 is 10.8 Å². The molecule has 1 aliphatic heterocycles. The molecule has 0 unspecified atom stereocenters. The number of rotatable bonds is 8. The largest absolute Gasteiger partial charge is 0.490 e. The molecule has 0 aliphatic carbocycles. The first-order valence-electron chi connectivity index (χ1n) is 12.9. The highest BCUT2D eigenvalue weighted by Gasteiger charge is 2.20. The van der Waals surface area contributed by atoms with E-state index in [1.807, 2.05) is 11.3 Å². The Hall–Kier alpha value is -2.63. The Morgan fingerprint density at radius 2 is 1.64 bits per heavy atom. The van der Waals surface area contributed by atoms with Crippen molar-refractivity contribution in [3.05, 3.63) is 82.2 Å². The zero-order valence-electron chi connectivity index (χ0n) is 21.3. The molecule has 0 radical (unpaired) electrons. The standard InChI is InChI=1S/C31H34O3S2/c1-4-5-23-6-9-25(10-7-23)33-20-24-8-13-30-29(19-24)31(22(3)35-30)28-12-11-27(18-21(28)2)34-26-14-16-36(32)17-15-26/h6-13,18-19,26H,4-5,14-17,20H2,1-3H3. The maximum absolute atomic E-state index is 11.7. The van der Waals surface area contributed by atoms with E-state index in [9.17, 15) is 4.21 Å². The van der Waals surface area contributed by atoms with Gasteiger partial charge in [0.2, 0.25) is 0 Å². The van der Waals surface area contributed by atoms with Gasteiger partial charge in [0.25, 0.3) is 0 Å². The molecular weight excluding hydrogens is 484 g/mol. The SMILES string of the molecule is CCCc1ccc(OCc2ccc3sc(C)c(-c4ccc(OC5CCS(=O)CC5)cc4C)c3c2)cc1. The van der Waals surface area contributed by atoms with Crippen molar-refractivity contribution < 1.29 is 13.7 Å². The molecule has 0 bridgehead atoms. The summed E-state index contributed by atoms with van der Waals surface area (Å²) in [6.45, 7) is 7.12. The monoisotopic (exact) mass is 518 g/mol. The van der Waals surface area contributed by atoms with Crippen molar-refractivity contribution in [3.63, 3.8) is 0 Å². The Balaban J connectivity index is 1.35. The van der Waals surface area contributed by atoms with E-state index in [4.69, 9.17) is 9.47 Å². The van der Waals surface area contributed by atoms with Crippen molar-refractivity contribution in [2.75, 3.05) is 11.5 Å². The van der Waals surface area contributed by atoms with Crippen molar-refractivity contribution in [1.82, 2.24) is 0 Å². The first kappa shape index (κ1) is 25.0. The molecule has 0 N–H and O–H groups in total. The van der Waals surface area contributed by atoms with Crippen LogP contribution in [0.25, 0.3) is 21.2 Å². The predicted molar refractivity (Wildman–Crippen MR) is 153 cm³/mol. The van der Waals surface area contributed by atoms with Crippen LogP contribution in [-0.4, -0.2) is 21.8 Å². The predicted octanol–water partition coefficient (Wildman–Crippen LogP) is 8.01. The minimum atomic E-state index is -0.668. The fourth-order valence-corrected chi connectivity index (χ4v) is 7.29. The summed E-state index contributed by atoms with van der Waals surface area (Å²) in [5.74, 6) is 3.31. The smallest absolute Gasteiger partial charge is 0.120 e. The fourth-order valence-electron chi connectivity index (χ4n) is 4.97. The first-order chi connectivity index (χ1) is 17.5. The van der Waals surface area contributed by atoms with Crippen molar-refractivity contribution in [2.24, 2.45) is 0 Å². The second-order valence-corrected chi connectivity index (χ2v) is 12.6. The second-order valence-electron chi connectivity index (χ2n) is 9.69. The van der Waals surface area contributed by atoms with Gasteiger partial charge in [0.1, 0.15) is 24.2 Å². The Morgan fingerprint density at radius 1 is 0.917 bits per heavy atom. The van der Waals surface area contributed by atoms with Gasteiger partial charge in [-0.25, -0.2) is 0 Å². The van der Waals surface area contributed by atoms with Crippen molar-refractivity contribution in [1.29, 1.82) is 0 Å². The topological polar surface area (TPSA) is 35.5 Å². The van der Waals surface area contributed by atoms with Crippen LogP contribution in [0.15, 0.2) is 60.7 Å². The molecule has 1 fully saturated rings. The molecule has 1 saturated heterocycles. The third-order valence-electron chi connectivity index (χ3n) is 6.90. The number of thiophene rings is 1. The number of ether oxygens (including phenoxy) is 2. The molecule has 3 nitrogen and oxygen atoms in total. The van der Waals surface area contributed by atoms with Crippen LogP contribution in [0.3, 0.4) is 0 Å². The van der Waals surface area contributed by atoms with Gasteiger partial charge in [0.05, 0.1) is 0 Å². The molecule has 1 aliphatic rings. The highest BCUT2D eigenvalue weighted by molar-refractivity contribution is 7.85. The fraction of sp³-hybridized carbons (Fsp3) is 0.355. The lowest BCUT2D eigenvalue weighted by Gasteiger charge is -2.23. The number of aryl methyl sites for hydroxylation is 3. The maximum Gasteiger partial charge on any atom is 0.120 e. The number of hydrogen-bond acceptors (Lipinski definition) is 4. The normalized spacial score (nSPS) is 17.9. The van der Waals surface area contributed by atoms with Crippen LogP contribution in [0, 0.1) is 13.8 Å². The van der Waals surface area contributed by atoms with Crippen LogP contribution in [-0.2, 0) is 23.8 Å². The summed E-state index contributed by atoms with van der Waals surface area (Å²) in [5, 5.41) is 1.28. The number of hydrogen-bond donors (Lipinski definition) is 0. The quantitative estimate of drug-likeness (QED) is 0.237. The van der Waals surface area contributed by atoms with E-state index in [2.05, 4.69) is 81.4 Å². The molecule has 3 aromatic carbocycles. The van der Waals surface area contributed by atoms with Crippen LogP contribution in [0.1, 0.15) is 47.8 Å². The highest BCUT2D eigenvalue weighted by Crippen LogP contribution is 2.41. The van der Waals surface area contributed by atoms with Crippen LogP contribution < -0.4 is 9.47 Å². The molecule has 4 aromatic rings. The zero-order valence-corrected chi connectivity index (χ0v) is 23.0. The summed E-state index contributed by atoms with van der Waals surface area (Å²) in [5.41, 5.74) is 6.29. The van der Waals surface area contributed by atoms with Crippen molar-refractivity contribution >= 4 is 32.2 Å². The van der Waals surface area contributed by atoms with Gasteiger partial charge >= 0.3 is 0 Å². The Labute approximate surface area is 220 Å². The molecule has 5 heteroatoms. The van der Waals surface area contributed by atoms with Crippen LogP contribution in [0.5, 0.6) is 11.5 Å². The maximum atomic E-state index is 11.7. The summed E-state index contributed by atoms with van der Waals surface area (Å²) in [4.78, 5) is 1.32. The lowest BCUT2D eigenvalue weighted by atomic mass is 9.97. The minimum Gasteiger partial charge on any atom is -0.490 e. The van der Waals surface area contributed by atoms with Gasteiger partial charge in [-0.15, -0.1) is 11.3 Å². The molecule has 1 aromatic heterocycles. The van der Waals surface area contributed by atoms with Crippen LogP contribution >= 0.6 is 11.3 Å². The summed E-state index contributed by atoms with van der Waals surface area (Å²) in [7, 11) is -0.668. The van der Waals surface area contributed by atoms with Gasteiger partial charge in [0, 0.05) is 42.8 Å². The molecule has 0 atom stereocenters. The lowest BCUT2D eigenvalue weighted by molar-refractivity contribution is 0.191. The van der Waals surface area contributed by atoms with Gasteiger partial charge < -0.3 is 9.47 Å². The van der Waals surface area contributed by atoms with Gasteiger partial charge in [-0.05, 0) is 91.8 Å². The lowest BCUT2D eigenvalue weighted by Crippen LogP contribution is -2.27. The summed E-state index contributed by atoms with van der Waals surface area (Å²) in [6.07, 6.45) is 4.17. The van der Waals surface area contributed by atoms with Crippen LogP contribution in [0.4, 0.5) is 0 Å². The van der Waals surface area contributed by atoms with Crippen LogP contribution in [0.2, 0.25) is 0 Å². The molecule has 0 saturated carbocycles. The van der Waals surface area contributed by atoms with Crippen molar-refractivity contribution in [3.8, 4) is 22.6 Å². The third-order valence-corrected chi connectivity index (χ3v) is 9.37. The Kier molecular flexibility index (Phi) is 7.78. The third kappa shape index (κ3) is 5.68. The molecule has 0 spiro atoms. The second kappa shape index (κ2) is 11.2. The zero-order chi connectivity index (χ0) is 25.1. The number of benzene rings is 3. The van der Waals surface area contributed by atoms with E-state index >= 15 is 0 Å². The molecule has 188 valence electrons. The van der Waals surface area contributed by atoms with Crippen molar-refractivity contribution in [2.45, 2.75) is 59.2 Å². The number of fused-ring (bicyclic) bond motifs is 1. The van der Waals surface area contributed by atoms with Gasteiger partial charge in [0.15, 0.2) is 0 Å². The first-order valence-corrected chi connectivity index (χ1v) is 15.2. The van der Waals surface area contributed by atoms with E-state index in [0.717, 1.165) is 48.7 Å². The van der Waals surface area contributed by atoms with E-state index in [1.165, 1.54) is 42.8 Å². The van der Waals surface area contributed by atoms with E-state index in [0.29, 0.717) is 6.61 Å². The average molecular weight is 519 g/mol. The van der Waals surface area contributed by atoms with Gasteiger partial charge in [-0.3, -0.25) is 4.21 Å². The minimum absolute atomic E-state index is 0.169. The molecule has 0 amide bonds. The Bertz CT molecular complexity index is 1360. The molecular formula is C31H34O3S2. The molecule has 36 heavy (non-hydrogen) atoms. The molecule has 5 rings (SSSR count). The van der Waals surface area contributed by atoms with E-state index in [-0.39, 0.29) is 6.10 Å². The Morgan fingerprint density at radius 3 is 2.36 bits per heavy atom. The molecule has 2 heterocycles. The summed E-state index contributed by atoms with van der Waals surface area (Å²) in [6, 6.07) is 21.6. The summed E-state index contributed by atoms with van der Waals surface area (Å²) < 4.78 is 25.3. The average Bonchev–Trinajstić information content (AvgIpc) is 3.20. The highest BCUT2D eigenvalue weighted by atomic mass is 32.2. The van der Waals surface area contributed by atoms with E-state index in [1.54, 1.807) is 0 Å². The summed E-state index contributed by atoms with van der Waals surface area (Å²) >= 11 is 1.84. The van der Waals surface area contributed by atoms with Gasteiger partial charge in [-0.2, -0.15) is 0 Å².